The molecule has 0 aliphatic carbocycles. The van der Waals surface area contributed by atoms with Gasteiger partial charge in [-0.05, 0) is 36.2 Å². The third kappa shape index (κ3) is 5.72. The van der Waals surface area contributed by atoms with Crippen molar-refractivity contribution in [1.82, 2.24) is 10.3 Å². The highest BCUT2D eigenvalue weighted by Crippen LogP contribution is 2.12. The molecule has 2 rings (SSSR count). The standard InChI is InChI=1S/C18H20N2O4/c1-2-14-5-7-16(8-6-14)24-13-17(21)23-11-10-20-18(22)15-4-3-9-19-12-15/h3-9,12H,2,10-11,13H2,1H3,(H,20,22). The molecule has 0 aliphatic heterocycles. The molecule has 0 saturated heterocycles. The first-order valence-electron chi connectivity index (χ1n) is 7.74. The van der Waals surface area contributed by atoms with E-state index in [0.717, 1.165) is 6.42 Å². The maximum absolute atomic E-state index is 11.7. The fraction of sp³-hybridized carbons (Fsp3) is 0.278. The lowest BCUT2D eigenvalue weighted by Gasteiger charge is -2.08. The van der Waals surface area contributed by atoms with Crippen molar-refractivity contribution in [2.75, 3.05) is 19.8 Å². The van der Waals surface area contributed by atoms with Gasteiger partial charge in [-0.25, -0.2) is 4.79 Å². The number of nitrogens with zero attached hydrogens (tertiary/aromatic N) is 1. The number of amides is 1. The second-order valence-corrected chi connectivity index (χ2v) is 5.00. The summed E-state index contributed by atoms with van der Waals surface area (Å²) in [7, 11) is 0. The zero-order chi connectivity index (χ0) is 17.2. The van der Waals surface area contributed by atoms with E-state index >= 15 is 0 Å². The summed E-state index contributed by atoms with van der Waals surface area (Å²) in [6, 6.07) is 10.9. The van der Waals surface area contributed by atoms with Crippen LogP contribution in [0.3, 0.4) is 0 Å². The molecule has 1 aromatic carbocycles. The molecule has 0 radical (unpaired) electrons. The van der Waals surface area contributed by atoms with E-state index in [2.05, 4.69) is 17.2 Å². The molecule has 24 heavy (non-hydrogen) atoms. The fourth-order valence-corrected chi connectivity index (χ4v) is 1.93. The Morgan fingerprint density at radius 2 is 1.96 bits per heavy atom. The number of benzene rings is 1. The quantitative estimate of drug-likeness (QED) is 0.592. The lowest BCUT2D eigenvalue weighted by atomic mass is 10.2. The highest BCUT2D eigenvalue weighted by Gasteiger charge is 2.06. The summed E-state index contributed by atoms with van der Waals surface area (Å²) in [4.78, 5) is 27.2. The van der Waals surface area contributed by atoms with Crippen LogP contribution in [0.1, 0.15) is 22.8 Å². The Morgan fingerprint density at radius 1 is 1.17 bits per heavy atom. The molecule has 0 aliphatic rings. The van der Waals surface area contributed by atoms with Gasteiger partial charge in [-0.3, -0.25) is 9.78 Å². The van der Waals surface area contributed by atoms with E-state index in [1.54, 1.807) is 18.3 Å². The summed E-state index contributed by atoms with van der Waals surface area (Å²) in [6.07, 6.45) is 4.01. The summed E-state index contributed by atoms with van der Waals surface area (Å²) < 4.78 is 10.3. The largest absolute Gasteiger partial charge is 0.482 e. The van der Waals surface area contributed by atoms with Crippen LogP contribution < -0.4 is 10.1 Å². The maximum Gasteiger partial charge on any atom is 0.344 e. The molecular weight excluding hydrogens is 308 g/mol. The van der Waals surface area contributed by atoms with Gasteiger partial charge in [-0.15, -0.1) is 0 Å². The number of rotatable bonds is 8. The number of carbonyl (C=O) groups excluding carboxylic acids is 2. The van der Waals surface area contributed by atoms with Crippen LogP contribution in [0.15, 0.2) is 48.8 Å². The molecule has 6 heteroatoms. The van der Waals surface area contributed by atoms with E-state index < -0.39 is 5.97 Å². The van der Waals surface area contributed by atoms with Crippen LogP contribution in [0.5, 0.6) is 5.75 Å². The van der Waals surface area contributed by atoms with Gasteiger partial charge in [0.25, 0.3) is 5.91 Å². The highest BCUT2D eigenvalue weighted by atomic mass is 16.6. The number of pyridine rings is 1. The van der Waals surface area contributed by atoms with Crippen molar-refractivity contribution in [2.24, 2.45) is 0 Å². The minimum Gasteiger partial charge on any atom is -0.482 e. The van der Waals surface area contributed by atoms with E-state index in [9.17, 15) is 9.59 Å². The second-order valence-electron chi connectivity index (χ2n) is 5.00. The smallest absolute Gasteiger partial charge is 0.344 e. The number of hydrogen-bond acceptors (Lipinski definition) is 5. The predicted octanol–water partition coefficient (Wildman–Crippen LogP) is 2.00. The molecule has 1 N–H and O–H groups in total. The van der Waals surface area contributed by atoms with E-state index in [1.165, 1.54) is 11.8 Å². The number of esters is 1. The Kier molecular flexibility index (Phi) is 6.76. The average molecular weight is 328 g/mol. The molecule has 6 nitrogen and oxygen atoms in total. The molecule has 0 bridgehead atoms. The van der Waals surface area contributed by atoms with Crippen molar-refractivity contribution in [3.63, 3.8) is 0 Å². The van der Waals surface area contributed by atoms with Crippen molar-refractivity contribution in [2.45, 2.75) is 13.3 Å². The Bertz CT molecular complexity index is 656. The zero-order valence-corrected chi connectivity index (χ0v) is 13.5. The van der Waals surface area contributed by atoms with Crippen LogP contribution in [-0.4, -0.2) is 36.6 Å². The molecule has 0 atom stereocenters. The van der Waals surface area contributed by atoms with E-state index in [1.807, 2.05) is 24.3 Å². The number of hydrogen-bond donors (Lipinski definition) is 1. The molecule has 0 saturated carbocycles. The van der Waals surface area contributed by atoms with Crippen molar-refractivity contribution >= 4 is 11.9 Å². The van der Waals surface area contributed by atoms with Gasteiger partial charge in [0.1, 0.15) is 12.4 Å². The number of aromatic nitrogens is 1. The Balaban J connectivity index is 1.62. The SMILES string of the molecule is CCc1ccc(OCC(=O)OCCNC(=O)c2cccnc2)cc1. The maximum atomic E-state index is 11.7. The first-order chi connectivity index (χ1) is 11.7. The van der Waals surface area contributed by atoms with Crippen LogP contribution in [0, 0.1) is 0 Å². The van der Waals surface area contributed by atoms with Crippen molar-refractivity contribution < 1.29 is 19.1 Å². The number of carbonyl (C=O) groups is 2. The van der Waals surface area contributed by atoms with Gasteiger partial charge in [-0.1, -0.05) is 19.1 Å². The van der Waals surface area contributed by atoms with Crippen LogP contribution in [0.4, 0.5) is 0 Å². The predicted molar refractivity (Wildman–Crippen MR) is 88.8 cm³/mol. The molecule has 0 fully saturated rings. The second kappa shape index (κ2) is 9.29. The molecule has 0 spiro atoms. The van der Waals surface area contributed by atoms with Gasteiger partial charge in [0, 0.05) is 12.4 Å². The topological polar surface area (TPSA) is 77.5 Å². The molecule has 1 amide bonds. The summed E-state index contributed by atoms with van der Waals surface area (Å²) >= 11 is 0. The number of nitrogens with one attached hydrogen (secondary N) is 1. The van der Waals surface area contributed by atoms with E-state index in [0.29, 0.717) is 11.3 Å². The van der Waals surface area contributed by atoms with E-state index in [4.69, 9.17) is 9.47 Å². The average Bonchev–Trinajstić information content (AvgIpc) is 2.64. The minimum atomic E-state index is -0.481. The molecule has 1 heterocycles. The fourth-order valence-electron chi connectivity index (χ4n) is 1.93. The lowest BCUT2D eigenvalue weighted by molar-refractivity contribution is -0.145. The monoisotopic (exact) mass is 328 g/mol. The van der Waals surface area contributed by atoms with Crippen LogP contribution >= 0.6 is 0 Å². The lowest BCUT2D eigenvalue weighted by Crippen LogP contribution is -2.28. The van der Waals surface area contributed by atoms with Crippen molar-refractivity contribution in [1.29, 1.82) is 0 Å². The molecule has 2 aromatic rings. The van der Waals surface area contributed by atoms with Crippen LogP contribution in [0.25, 0.3) is 0 Å². The summed E-state index contributed by atoms with van der Waals surface area (Å²) in [5, 5.41) is 2.64. The molecule has 1 aromatic heterocycles. The summed E-state index contributed by atoms with van der Waals surface area (Å²) in [5.74, 6) is -0.120. The Labute approximate surface area is 140 Å². The van der Waals surface area contributed by atoms with E-state index in [-0.39, 0.29) is 25.7 Å². The Hall–Kier alpha value is -2.89. The van der Waals surface area contributed by atoms with Crippen molar-refractivity contribution in [3.8, 4) is 5.75 Å². The third-order valence-electron chi connectivity index (χ3n) is 3.26. The van der Waals surface area contributed by atoms with Crippen molar-refractivity contribution in [3.05, 3.63) is 59.9 Å². The summed E-state index contributed by atoms with van der Waals surface area (Å²) in [5.41, 5.74) is 1.66. The van der Waals surface area contributed by atoms with Gasteiger partial charge < -0.3 is 14.8 Å². The summed E-state index contributed by atoms with van der Waals surface area (Å²) in [6.45, 7) is 2.22. The molecular formula is C18H20N2O4. The number of ether oxygens (including phenoxy) is 2. The minimum absolute atomic E-state index is 0.0863. The first kappa shape index (κ1) is 17.5. The first-order valence-corrected chi connectivity index (χ1v) is 7.74. The van der Waals surface area contributed by atoms with Gasteiger partial charge >= 0.3 is 5.97 Å². The van der Waals surface area contributed by atoms with Gasteiger partial charge in [0.15, 0.2) is 6.61 Å². The van der Waals surface area contributed by atoms with Gasteiger partial charge in [0.2, 0.25) is 0 Å². The van der Waals surface area contributed by atoms with Gasteiger partial charge in [-0.2, -0.15) is 0 Å². The Morgan fingerprint density at radius 3 is 2.62 bits per heavy atom. The van der Waals surface area contributed by atoms with Crippen LogP contribution in [-0.2, 0) is 16.0 Å². The zero-order valence-electron chi connectivity index (χ0n) is 13.5. The third-order valence-corrected chi connectivity index (χ3v) is 3.26. The highest BCUT2D eigenvalue weighted by molar-refractivity contribution is 5.93. The molecule has 0 unspecified atom stereocenters. The normalized spacial score (nSPS) is 10.0. The van der Waals surface area contributed by atoms with Gasteiger partial charge in [0.05, 0.1) is 12.1 Å². The molecule has 126 valence electrons. The number of aryl methyl sites for hydroxylation is 1. The van der Waals surface area contributed by atoms with Crippen LogP contribution in [0.2, 0.25) is 0 Å².